The Bertz CT molecular complexity index is 1000. The molecule has 3 aromatic heterocycles. The zero-order valence-electron chi connectivity index (χ0n) is 17.0. The van der Waals surface area contributed by atoms with Gasteiger partial charge in [-0.05, 0) is 60.9 Å². The number of likely N-dealkylation sites (tertiary alicyclic amines) is 1. The third-order valence-electron chi connectivity index (χ3n) is 5.22. The first-order valence-corrected chi connectivity index (χ1v) is 10.7. The predicted molar refractivity (Wildman–Crippen MR) is 116 cm³/mol. The lowest BCUT2D eigenvalue weighted by Gasteiger charge is -2.36. The van der Waals surface area contributed by atoms with E-state index in [4.69, 9.17) is 4.98 Å². The molecule has 1 saturated heterocycles. The first-order valence-electron chi connectivity index (χ1n) is 9.85. The summed E-state index contributed by atoms with van der Waals surface area (Å²) in [5.41, 5.74) is 4.02. The molecule has 1 unspecified atom stereocenters. The fourth-order valence-corrected chi connectivity index (χ4v) is 4.61. The van der Waals surface area contributed by atoms with Gasteiger partial charge in [0.25, 0.3) is 5.91 Å². The molecule has 0 spiro atoms. The van der Waals surface area contributed by atoms with Gasteiger partial charge in [0.2, 0.25) is 5.95 Å². The molecule has 29 heavy (non-hydrogen) atoms. The van der Waals surface area contributed by atoms with Crippen LogP contribution < -0.4 is 4.90 Å². The molecule has 0 aliphatic carbocycles. The summed E-state index contributed by atoms with van der Waals surface area (Å²) >= 11 is 1.52. The summed E-state index contributed by atoms with van der Waals surface area (Å²) in [6, 6.07) is 5.85. The van der Waals surface area contributed by atoms with Gasteiger partial charge in [0.15, 0.2) is 0 Å². The minimum atomic E-state index is -0.0662. The third kappa shape index (κ3) is 4.00. The summed E-state index contributed by atoms with van der Waals surface area (Å²) in [4.78, 5) is 31.6. The molecule has 4 heterocycles. The van der Waals surface area contributed by atoms with Crippen LogP contribution in [0.25, 0.3) is 11.1 Å². The van der Waals surface area contributed by atoms with Crippen LogP contribution in [-0.4, -0.2) is 46.4 Å². The number of pyridine rings is 1. The standard InChI is InChI=1S/C22H25N5OS/c1-15-12-19(29-14-15)21(28)27-11-5-4-6-18(27)20-17(16-7-9-23-10-8-16)13-24-22(25-20)26(2)3/h7-10,12-14,18H,4-6,11H2,1-3H3. The van der Waals surface area contributed by atoms with Gasteiger partial charge in [-0.15, -0.1) is 11.3 Å². The number of aromatic nitrogens is 3. The van der Waals surface area contributed by atoms with Gasteiger partial charge < -0.3 is 9.80 Å². The molecular weight excluding hydrogens is 382 g/mol. The van der Waals surface area contributed by atoms with E-state index in [1.54, 1.807) is 12.4 Å². The minimum Gasteiger partial charge on any atom is -0.347 e. The second kappa shape index (κ2) is 8.29. The summed E-state index contributed by atoms with van der Waals surface area (Å²) in [6.45, 7) is 2.77. The van der Waals surface area contributed by atoms with Gasteiger partial charge in [-0.1, -0.05) is 0 Å². The fourth-order valence-electron chi connectivity index (χ4n) is 3.75. The topological polar surface area (TPSA) is 62.2 Å². The molecule has 1 fully saturated rings. The summed E-state index contributed by atoms with van der Waals surface area (Å²) in [5.74, 6) is 0.751. The zero-order valence-corrected chi connectivity index (χ0v) is 17.8. The average Bonchev–Trinajstić information content (AvgIpc) is 3.19. The molecule has 0 saturated carbocycles. The van der Waals surface area contributed by atoms with E-state index in [9.17, 15) is 4.79 Å². The summed E-state index contributed by atoms with van der Waals surface area (Å²) in [6.07, 6.45) is 8.42. The Morgan fingerprint density at radius 3 is 2.72 bits per heavy atom. The lowest BCUT2D eigenvalue weighted by molar-refractivity contribution is 0.0612. The summed E-state index contributed by atoms with van der Waals surface area (Å²) in [7, 11) is 3.87. The van der Waals surface area contributed by atoms with Crippen molar-refractivity contribution in [3.8, 4) is 11.1 Å². The molecule has 1 aliphatic heterocycles. The van der Waals surface area contributed by atoms with Gasteiger partial charge in [0.1, 0.15) is 0 Å². The van der Waals surface area contributed by atoms with Crippen LogP contribution in [0.5, 0.6) is 0 Å². The van der Waals surface area contributed by atoms with E-state index in [-0.39, 0.29) is 11.9 Å². The van der Waals surface area contributed by atoms with E-state index in [1.165, 1.54) is 11.3 Å². The number of hydrogen-bond acceptors (Lipinski definition) is 6. The summed E-state index contributed by atoms with van der Waals surface area (Å²) in [5, 5.41) is 2.03. The Kier molecular flexibility index (Phi) is 5.58. The maximum Gasteiger partial charge on any atom is 0.264 e. The number of thiophene rings is 1. The van der Waals surface area contributed by atoms with Crippen LogP contribution in [-0.2, 0) is 0 Å². The Morgan fingerprint density at radius 1 is 1.24 bits per heavy atom. The van der Waals surface area contributed by atoms with Crippen LogP contribution in [0.3, 0.4) is 0 Å². The van der Waals surface area contributed by atoms with Crippen molar-refractivity contribution >= 4 is 23.2 Å². The quantitative estimate of drug-likeness (QED) is 0.644. The maximum absolute atomic E-state index is 13.3. The SMILES string of the molecule is Cc1csc(C(=O)N2CCCCC2c2nc(N(C)C)ncc2-c2ccncc2)c1. The fraction of sp³-hybridized carbons (Fsp3) is 0.364. The molecule has 0 N–H and O–H groups in total. The Hall–Kier alpha value is -2.80. The molecular formula is C22H25N5OS. The number of carbonyl (C=O) groups is 1. The van der Waals surface area contributed by atoms with E-state index < -0.39 is 0 Å². The van der Waals surface area contributed by atoms with Crippen LogP contribution in [0.4, 0.5) is 5.95 Å². The number of hydrogen-bond donors (Lipinski definition) is 0. The second-order valence-corrected chi connectivity index (χ2v) is 8.51. The van der Waals surface area contributed by atoms with Gasteiger partial charge >= 0.3 is 0 Å². The van der Waals surface area contributed by atoms with Crippen molar-refractivity contribution in [1.82, 2.24) is 19.9 Å². The molecule has 150 valence electrons. The molecule has 6 nitrogen and oxygen atoms in total. The number of carbonyl (C=O) groups excluding carboxylic acids is 1. The third-order valence-corrected chi connectivity index (χ3v) is 6.25. The molecule has 3 aromatic rings. The number of amides is 1. The van der Waals surface area contributed by atoms with Gasteiger partial charge in [-0.2, -0.15) is 0 Å². The van der Waals surface area contributed by atoms with Crippen molar-refractivity contribution in [3.63, 3.8) is 0 Å². The minimum absolute atomic E-state index is 0.0662. The van der Waals surface area contributed by atoms with Crippen molar-refractivity contribution < 1.29 is 4.79 Å². The molecule has 0 aromatic carbocycles. The predicted octanol–water partition coefficient (Wildman–Crippen LogP) is 4.34. The molecule has 4 rings (SSSR count). The lowest BCUT2D eigenvalue weighted by atomic mass is 9.94. The van der Waals surface area contributed by atoms with E-state index in [0.717, 1.165) is 53.1 Å². The van der Waals surface area contributed by atoms with Gasteiger partial charge in [0.05, 0.1) is 16.6 Å². The van der Waals surface area contributed by atoms with Crippen molar-refractivity contribution in [2.45, 2.75) is 32.2 Å². The van der Waals surface area contributed by atoms with Crippen LogP contribution >= 0.6 is 11.3 Å². The van der Waals surface area contributed by atoms with Gasteiger partial charge in [0, 0.05) is 44.8 Å². The normalized spacial score (nSPS) is 16.7. The van der Waals surface area contributed by atoms with Crippen molar-refractivity contribution in [2.24, 2.45) is 0 Å². The van der Waals surface area contributed by atoms with Crippen molar-refractivity contribution in [1.29, 1.82) is 0 Å². The zero-order chi connectivity index (χ0) is 20.4. The highest BCUT2D eigenvalue weighted by atomic mass is 32.1. The summed E-state index contributed by atoms with van der Waals surface area (Å²) < 4.78 is 0. The number of anilines is 1. The first-order chi connectivity index (χ1) is 14.0. The lowest BCUT2D eigenvalue weighted by Crippen LogP contribution is -2.39. The number of rotatable bonds is 4. The Labute approximate surface area is 175 Å². The highest BCUT2D eigenvalue weighted by molar-refractivity contribution is 7.12. The van der Waals surface area contributed by atoms with Crippen molar-refractivity contribution in [2.75, 3.05) is 25.5 Å². The highest BCUT2D eigenvalue weighted by Gasteiger charge is 2.32. The molecule has 0 bridgehead atoms. The molecule has 1 atom stereocenters. The van der Waals surface area contributed by atoms with Crippen LogP contribution in [0.1, 0.15) is 46.2 Å². The smallest absolute Gasteiger partial charge is 0.264 e. The maximum atomic E-state index is 13.3. The van der Waals surface area contributed by atoms with E-state index in [2.05, 4.69) is 9.97 Å². The number of piperidine rings is 1. The van der Waals surface area contributed by atoms with Gasteiger partial charge in [-0.25, -0.2) is 9.97 Å². The number of nitrogens with zero attached hydrogens (tertiary/aromatic N) is 5. The molecule has 7 heteroatoms. The van der Waals surface area contributed by atoms with Crippen LogP contribution in [0.15, 0.2) is 42.2 Å². The average molecular weight is 408 g/mol. The molecule has 1 aliphatic rings. The Morgan fingerprint density at radius 2 is 2.03 bits per heavy atom. The first kappa shape index (κ1) is 19.5. The molecule has 0 radical (unpaired) electrons. The second-order valence-electron chi connectivity index (χ2n) is 7.60. The van der Waals surface area contributed by atoms with Gasteiger partial charge in [-0.3, -0.25) is 9.78 Å². The van der Waals surface area contributed by atoms with E-state index >= 15 is 0 Å². The van der Waals surface area contributed by atoms with E-state index in [0.29, 0.717) is 5.95 Å². The van der Waals surface area contributed by atoms with Crippen LogP contribution in [0.2, 0.25) is 0 Å². The Balaban J connectivity index is 1.79. The largest absolute Gasteiger partial charge is 0.347 e. The van der Waals surface area contributed by atoms with E-state index in [1.807, 2.05) is 60.6 Å². The monoisotopic (exact) mass is 407 g/mol. The van der Waals surface area contributed by atoms with Crippen LogP contribution in [0, 0.1) is 6.92 Å². The number of aryl methyl sites for hydroxylation is 1. The molecule has 1 amide bonds. The van der Waals surface area contributed by atoms with Crippen molar-refractivity contribution in [3.05, 3.63) is 58.3 Å². The highest BCUT2D eigenvalue weighted by Crippen LogP contribution is 2.37.